The first-order valence-electron chi connectivity index (χ1n) is 8.37. The number of piperidine rings is 1. The minimum absolute atomic E-state index is 0.0503. The summed E-state index contributed by atoms with van der Waals surface area (Å²) in [7, 11) is 0. The molecule has 2 aliphatic rings. The number of likely N-dealkylation sites (tertiary alicyclic amines) is 1. The molecular formula is C18H22BrNO4. The van der Waals surface area contributed by atoms with Gasteiger partial charge < -0.3 is 14.7 Å². The Morgan fingerprint density at radius 3 is 2.62 bits per heavy atom. The molecule has 1 amide bonds. The minimum atomic E-state index is -0.763. The Kier molecular flexibility index (Phi) is 5.25. The molecule has 24 heavy (non-hydrogen) atoms. The predicted octanol–water partition coefficient (Wildman–Crippen LogP) is 3.10. The largest absolute Gasteiger partial charge is 0.481 e. The summed E-state index contributed by atoms with van der Waals surface area (Å²) in [6.07, 6.45) is 1.99. The zero-order chi connectivity index (χ0) is 17.3. The average molecular weight is 396 g/mol. The van der Waals surface area contributed by atoms with Crippen LogP contribution < -0.4 is 0 Å². The van der Waals surface area contributed by atoms with Gasteiger partial charge in [-0.15, -0.1) is 0 Å². The molecule has 2 aliphatic heterocycles. The van der Waals surface area contributed by atoms with Gasteiger partial charge in [-0.05, 0) is 49.8 Å². The number of carbonyl (C=O) groups excluding carboxylic acids is 1. The van der Waals surface area contributed by atoms with E-state index in [4.69, 9.17) is 4.74 Å². The lowest BCUT2D eigenvalue weighted by molar-refractivity contribution is -0.145. The predicted molar refractivity (Wildman–Crippen MR) is 93.0 cm³/mol. The molecule has 2 saturated heterocycles. The van der Waals surface area contributed by atoms with Gasteiger partial charge in [0.2, 0.25) is 0 Å². The Balaban J connectivity index is 1.63. The molecule has 1 aromatic carbocycles. The highest BCUT2D eigenvalue weighted by Gasteiger charge is 2.40. The van der Waals surface area contributed by atoms with E-state index in [1.807, 2.05) is 30.0 Å². The number of halogens is 1. The van der Waals surface area contributed by atoms with Crippen molar-refractivity contribution >= 4 is 27.8 Å². The van der Waals surface area contributed by atoms with Crippen LogP contribution in [0.15, 0.2) is 22.7 Å². The topological polar surface area (TPSA) is 66.8 Å². The Labute approximate surface area is 150 Å². The minimum Gasteiger partial charge on any atom is -0.481 e. The van der Waals surface area contributed by atoms with Gasteiger partial charge in [-0.1, -0.05) is 22.0 Å². The van der Waals surface area contributed by atoms with Crippen LogP contribution in [0.1, 0.15) is 35.2 Å². The number of hydrogen-bond donors (Lipinski definition) is 1. The maximum atomic E-state index is 12.8. The second kappa shape index (κ2) is 7.23. The fourth-order valence-electron chi connectivity index (χ4n) is 3.77. The van der Waals surface area contributed by atoms with E-state index >= 15 is 0 Å². The molecule has 0 spiro atoms. The zero-order valence-electron chi connectivity index (χ0n) is 13.7. The average Bonchev–Trinajstić information content (AvgIpc) is 3.06. The van der Waals surface area contributed by atoms with Crippen molar-refractivity contribution in [2.75, 3.05) is 19.7 Å². The molecule has 130 valence electrons. The first-order chi connectivity index (χ1) is 11.5. The maximum Gasteiger partial charge on any atom is 0.309 e. The third-order valence-corrected chi connectivity index (χ3v) is 5.67. The van der Waals surface area contributed by atoms with Crippen LogP contribution in [0, 0.1) is 18.8 Å². The van der Waals surface area contributed by atoms with E-state index in [2.05, 4.69) is 15.9 Å². The van der Waals surface area contributed by atoms with E-state index in [0.29, 0.717) is 26.1 Å². The van der Waals surface area contributed by atoms with Gasteiger partial charge in [0.05, 0.1) is 12.0 Å². The summed E-state index contributed by atoms with van der Waals surface area (Å²) in [4.78, 5) is 26.0. The highest BCUT2D eigenvalue weighted by Crippen LogP contribution is 2.33. The van der Waals surface area contributed by atoms with Crippen LogP contribution in [-0.4, -0.2) is 47.7 Å². The van der Waals surface area contributed by atoms with Crippen LogP contribution in [0.25, 0.3) is 0 Å². The SMILES string of the molecule is Cc1ccc(Br)cc1C(=O)N1CCC([C@@H]2OCCC2C(=O)O)CC1. The molecule has 5 nitrogen and oxygen atoms in total. The maximum absolute atomic E-state index is 12.8. The lowest BCUT2D eigenvalue weighted by Gasteiger charge is -2.35. The normalized spacial score (nSPS) is 25.0. The van der Waals surface area contributed by atoms with E-state index < -0.39 is 11.9 Å². The molecule has 2 heterocycles. The molecule has 2 fully saturated rings. The van der Waals surface area contributed by atoms with Gasteiger partial charge >= 0.3 is 5.97 Å². The quantitative estimate of drug-likeness (QED) is 0.853. The Hall–Kier alpha value is -1.40. The van der Waals surface area contributed by atoms with Crippen LogP contribution in [-0.2, 0) is 9.53 Å². The van der Waals surface area contributed by atoms with E-state index in [0.717, 1.165) is 28.4 Å². The monoisotopic (exact) mass is 395 g/mol. The van der Waals surface area contributed by atoms with Gasteiger partial charge in [0.25, 0.3) is 5.91 Å². The Bertz CT molecular complexity index is 640. The van der Waals surface area contributed by atoms with Gasteiger partial charge in [-0.2, -0.15) is 0 Å². The van der Waals surface area contributed by atoms with Crippen LogP contribution in [0.3, 0.4) is 0 Å². The van der Waals surface area contributed by atoms with Crippen molar-refractivity contribution in [3.05, 3.63) is 33.8 Å². The van der Waals surface area contributed by atoms with Crippen LogP contribution >= 0.6 is 15.9 Å². The highest BCUT2D eigenvalue weighted by molar-refractivity contribution is 9.10. The number of carboxylic acid groups (broad SMARTS) is 1. The molecule has 1 aromatic rings. The standard InChI is InChI=1S/C18H22BrNO4/c1-11-2-3-13(19)10-15(11)17(21)20-7-4-12(5-8-20)16-14(18(22)23)6-9-24-16/h2-3,10,12,14,16H,4-9H2,1H3,(H,22,23)/t14?,16-/m0/s1. The van der Waals surface area contributed by atoms with Gasteiger partial charge in [0.1, 0.15) is 0 Å². The third kappa shape index (κ3) is 3.49. The van der Waals surface area contributed by atoms with Crippen molar-refractivity contribution in [2.45, 2.75) is 32.3 Å². The van der Waals surface area contributed by atoms with E-state index in [1.54, 1.807) is 0 Å². The molecular weight excluding hydrogens is 374 g/mol. The second-order valence-corrected chi connectivity index (χ2v) is 7.57. The van der Waals surface area contributed by atoms with Crippen LogP contribution in [0.4, 0.5) is 0 Å². The number of nitrogens with zero attached hydrogens (tertiary/aromatic N) is 1. The van der Waals surface area contributed by atoms with Gasteiger partial charge in [0, 0.05) is 29.7 Å². The third-order valence-electron chi connectivity index (χ3n) is 5.17. The lowest BCUT2D eigenvalue weighted by Crippen LogP contribution is -2.43. The molecule has 0 bridgehead atoms. The number of ether oxygens (including phenoxy) is 1. The van der Waals surface area contributed by atoms with Crippen molar-refractivity contribution in [3.8, 4) is 0 Å². The highest BCUT2D eigenvalue weighted by atomic mass is 79.9. The lowest BCUT2D eigenvalue weighted by atomic mass is 9.84. The summed E-state index contributed by atoms with van der Waals surface area (Å²) >= 11 is 3.42. The summed E-state index contributed by atoms with van der Waals surface area (Å²) < 4.78 is 6.59. The number of benzene rings is 1. The van der Waals surface area contributed by atoms with E-state index in [1.165, 1.54) is 0 Å². The number of carboxylic acids is 1. The van der Waals surface area contributed by atoms with Gasteiger partial charge in [0.15, 0.2) is 0 Å². The van der Waals surface area contributed by atoms with Crippen LogP contribution in [0.5, 0.6) is 0 Å². The summed E-state index contributed by atoms with van der Waals surface area (Å²) in [5, 5.41) is 9.31. The van der Waals surface area contributed by atoms with E-state index in [-0.39, 0.29) is 17.9 Å². The second-order valence-electron chi connectivity index (χ2n) is 6.66. The number of hydrogen-bond acceptors (Lipinski definition) is 3. The smallest absolute Gasteiger partial charge is 0.309 e. The first kappa shape index (κ1) is 17.4. The summed E-state index contributed by atoms with van der Waals surface area (Å²) in [6.45, 7) is 3.78. The van der Waals surface area contributed by atoms with Crippen molar-refractivity contribution in [1.29, 1.82) is 0 Å². The molecule has 6 heteroatoms. The molecule has 3 rings (SSSR count). The Morgan fingerprint density at radius 2 is 1.96 bits per heavy atom. The number of carbonyl (C=O) groups is 2. The summed E-state index contributed by atoms with van der Waals surface area (Å²) in [5.74, 6) is -0.888. The number of amides is 1. The Morgan fingerprint density at radius 1 is 1.25 bits per heavy atom. The zero-order valence-corrected chi connectivity index (χ0v) is 15.3. The number of aliphatic carboxylic acids is 1. The van der Waals surface area contributed by atoms with Gasteiger partial charge in [-0.25, -0.2) is 0 Å². The summed E-state index contributed by atoms with van der Waals surface area (Å²) in [6, 6.07) is 5.74. The molecule has 0 saturated carbocycles. The molecule has 1 unspecified atom stereocenters. The molecule has 0 radical (unpaired) electrons. The first-order valence-corrected chi connectivity index (χ1v) is 9.16. The molecule has 0 aliphatic carbocycles. The summed E-state index contributed by atoms with van der Waals surface area (Å²) in [5.41, 5.74) is 1.69. The fourth-order valence-corrected chi connectivity index (χ4v) is 4.13. The van der Waals surface area contributed by atoms with Gasteiger partial charge in [-0.3, -0.25) is 9.59 Å². The van der Waals surface area contributed by atoms with E-state index in [9.17, 15) is 14.7 Å². The molecule has 1 N–H and O–H groups in total. The fraction of sp³-hybridized carbons (Fsp3) is 0.556. The molecule has 2 atom stereocenters. The number of rotatable bonds is 3. The van der Waals surface area contributed by atoms with Crippen LogP contribution in [0.2, 0.25) is 0 Å². The van der Waals surface area contributed by atoms with Crippen molar-refractivity contribution in [3.63, 3.8) is 0 Å². The van der Waals surface area contributed by atoms with Crippen molar-refractivity contribution < 1.29 is 19.4 Å². The van der Waals surface area contributed by atoms with Crippen molar-refractivity contribution in [1.82, 2.24) is 4.90 Å². The number of aryl methyl sites for hydroxylation is 1. The molecule has 0 aromatic heterocycles. The van der Waals surface area contributed by atoms with Crippen molar-refractivity contribution in [2.24, 2.45) is 11.8 Å².